The molecular weight excluding hydrogens is 108 g/mol. The molecule has 0 aliphatic carbocycles. The zero-order chi connectivity index (χ0) is 3.41. The molecule has 0 aromatic rings. The fourth-order valence-electron chi connectivity index (χ4n) is 0. The Kier molecular flexibility index (Phi) is 15.9. The Hall–Kier alpha value is 0.0900. The molecule has 30 valence electrons. The first-order chi connectivity index (χ1) is 1.91. The highest BCUT2D eigenvalue weighted by Crippen LogP contribution is 1.98. The molecule has 0 rings (SSSR count). The predicted molar refractivity (Wildman–Crippen MR) is 24.1 cm³/mol. The molecule has 0 saturated heterocycles. The lowest BCUT2D eigenvalue weighted by Crippen LogP contribution is -1.12. The first-order valence-electron chi connectivity index (χ1n) is 0.582. The van der Waals surface area contributed by atoms with Crippen LogP contribution in [0.5, 0.6) is 0 Å². The molecular formula is CH3ClN2S. The molecule has 0 unspecified atom stereocenters. The van der Waals surface area contributed by atoms with Gasteiger partial charge < -0.3 is 6.15 Å². The minimum Gasteiger partial charge on any atom is -0.344 e. The summed E-state index contributed by atoms with van der Waals surface area (Å²) in [6, 6.07) is 0. The van der Waals surface area contributed by atoms with Crippen LogP contribution < -0.4 is 6.15 Å². The van der Waals surface area contributed by atoms with Crippen LogP contribution in [0.2, 0.25) is 0 Å². The van der Waals surface area contributed by atoms with Crippen molar-refractivity contribution in [3.05, 3.63) is 0 Å². The lowest BCUT2D eigenvalue weighted by molar-refractivity contribution is 1.57. The highest BCUT2D eigenvalue weighted by Gasteiger charge is 1.54. The second-order valence-corrected chi connectivity index (χ2v) is 0.968. The van der Waals surface area contributed by atoms with E-state index in [1.54, 1.807) is 5.40 Å². The van der Waals surface area contributed by atoms with Gasteiger partial charge in [-0.25, -0.2) is 0 Å². The van der Waals surface area contributed by atoms with Crippen LogP contribution in [0.1, 0.15) is 0 Å². The van der Waals surface area contributed by atoms with Crippen molar-refractivity contribution >= 4 is 21.7 Å². The van der Waals surface area contributed by atoms with Gasteiger partial charge in [-0.15, -0.1) is 0 Å². The lowest BCUT2D eigenvalue weighted by atomic mass is 11.8. The van der Waals surface area contributed by atoms with Crippen molar-refractivity contribution in [2.45, 2.75) is 0 Å². The van der Waals surface area contributed by atoms with Crippen LogP contribution in [0.15, 0.2) is 0 Å². The van der Waals surface area contributed by atoms with Crippen LogP contribution in [0.4, 0.5) is 0 Å². The van der Waals surface area contributed by atoms with Crippen LogP contribution in [0, 0.1) is 10.7 Å². The first-order valence-corrected chi connectivity index (χ1v) is 2.22. The van der Waals surface area contributed by atoms with Gasteiger partial charge in [0.15, 0.2) is 0 Å². The molecule has 0 aromatic heterocycles. The summed E-state index contributed by atoms with van der Waals surface area (Å²) < 4.78 is 0. The van der Waals surface area contributed by atoms with Crippen molar-refractivity contribution in [3.63, 3.8) is 0 Å². The Morgan fingerprint density at radius 3 is 2.00 bits per heavy atom. The van der Waals surface area contributed by atoms with E-state index in [0.29, 0.717) is 11.0 Å². The lowest BCUT2D eigenvalue weighted by Gasteiger charge is -1.42. The van der Waals surface area contributed by atoms with Gasteiger partial charge in [-0.1, -0.05) is 0 Å². The van der Waals surface area contributed by atoms with Crippen LogP contribution in [0.3, 0.4) is 0 Å². The van der Waals surface area contributed by atoms with Gasteiger partial charge in [-0.2, -0.15) is 5.26 Å². The van der Waals surface area contributed by atoms with E-state index >= 15 is 0 Å². The van der Waals surface area contributed by atoms with E-state index < -0.39 is 0 Å². The molecule has 2 nitrogen and oxygen atoms in total. The number of hydrogen-bond donors (Lipinski definition) is 1. The number of thiocyanates is 1. The van der Waals surface area contributed by atoms with E-state index in [4.69, 9.17) is 15.9 Å². The van der Waals surface area contributed by atoms with Gasteiger partial charge in [0.05, 0.1) is 11.0 Å². The standard InChI is InChI=1S/CClNS.H3N/c2-4-1-3;/h;1H3. The van der Waals surface area contributed by atoms with Crippen molar-refractivity contribution in [1.29, 1.82) is 5.26 Å². The molecule has 0 aliphatic heterocycles. The van der Waals surface area contributed by atoms with Crippen LogP contribution in [0.25, 0.3) is 0 Å². The third kappa shape index (κ3) is 15.0. The van der Waals surface area contributed by atoms with Crippen molar-refractivity contribution in [1.82, 2.24) is 6.15 Å². The largest absolute Gasteiger partial charge is 0.344 e. The van der Waals surface area contributed by atoms with Gasteiger partial charge in [0.25, 0.3) is 0 Å². The maximum Gasteiger partial charge on any atom is 0.150 e. The van der Waals surface area contributed by atoms with E-state index in [1.807, 2.05) is 0 Å². The molecule has 0 amide bonds. The fourth-order valence-corrected chi connectivity index (χ4v) is 0. The topological polar surface area (TPSA) is 58.8 Å². The number of halogens is 1. The minimum atomic E-state index is 0. The van der Waals surface area contributed by atoms with Crippen LogP contribution >= 0.6 is 21.7 Å². The highest BCUT2D eigenvalue weighted by molar-refractivity contribution is 8.24. The molecule has 0 heterocycles. The van der Waals surface area contributed by atoms with Crippen molar-refractivity contribution < 1.29 is 0 Å². The Balaban J connectivity index is 0. The Bertz CT molecular complexity index is 39.4. The van der Waals surface area contributed by atoms with Crippen molar-refractivity contribution in [2.75, 3.05) is 0 Å². The average Bonchev–Trinajstić information content (AvgIpc) is 1.37. The molecule has 0 atom stereocenters. The molecule has 0 bridgehead atoms. The molecule has 3 N–H and O–H groups in total. The zero-order valence-electron chi connectivity index (χ0n) is 2.44. The molecule has 5 heavy (non-hydrogen) atoms. The summed E-state index contributed by atoms with van der Waals surface area (Å²) in [5.74, 6) is 0. The van der Waals surface area contributed by atoms with E-state index in [9.17, 15) is 0 Å². The SMILES string of the molecule is N.N#CSCl. The zero-order valence-corrected chi connectivity index (χ0v) is 4.01. The van der Waals surface area contributed by atoms with Crippen molar-refractivity contribution in [2.24, 2.45) is 0 Å². The number of hydrogen-bond acceptors (Lipinski definition) is 3. The van der Waals surface area contributed by atoms with Gasteiger partial charge in [-0.3, -0.25) is 0 Å². The fraction of sp³-hybridized carbons (Fsp3) is 0. The second-order valence-electron chi connectivity index (χ2n) is 0.168. The number of nitrogens with zero attached hydrogens (tertiary/aromatic N) is 1. The quantitative estimate of drug-likeness (QED) is 0.481. The summed E-state index contributed by atoms with van der Waals surface area (Å²) >= 11 is 0. The summed E-state index contributed by atoms with van der Waals surface area (Å²) in [6.45, 7) is 0. The van der Waals surface area contributed by atoms with E-state index in [-0.39, 0.29) is 6.15 Å². The Morgan fingerprint density at radius 1 is 1.80 bits per heavy atom. The van der Waals surface area contributed by atoms with E-state index in [1.165, 1.54) is 0 Å². The maximum absolute atomic E-state index is 7.46. The summed E-state index contributed by atoms with van der Waals surface area (Å²) in [5.41, 5.74) is 0. The molecule has 0 aliphatic rings. The van der Waals surface area contributed by atoms with E-state index in [0.717, 1.165) is 0 Å². The molecule has 0 fully saturated rings. The Morgan fingerprint density at radius 2 is 2.00 bits per heavy atom. The Labute approximate surface area is 39.2 Å². The van der Waals surface area contributed by atoms with Gasteiger partial charge in [0.1, 0.15) is 5.40 Å². The van der Waals surface area contributed by atoms with Gasteiger partial charge >= 0.3 is 0 Å². The van der Waals surface area contributed by atoms with E-state index in [2.05, 4.69) is 0 Å². The average molecular weight is 111 g/mol. The summed E-state index contributed by atoms with van der Waals surface area (Å²) in [5, 5.41) is 9.07. The summed E-state index contributed by atoms with van der Waals surface area (Å²) in [4.78, 5) is 0. The molecule has 0 saturated carbocycles. The van der Waals surface area contributed by atoms with Gasteiger partial charge in [0, 0.05) is 0 Å². The smallest absolute Gasteiger partial charge is 0.150 e. The third-order valence-electron chi connectivity index (χ3n) is 0.0345. The molecule has 4 heteroatoms. The summed E-state index contributed by atoms with van der Waals surface area (Å²) in [6.07, 6.45) is 0. The monoisotopic (exact) mass is 110 g/mol. The van der Waals surface area contributed by atoms with Gasteiger partial charge in [0.2, 0.25) is 0 Å². The normalized spacial score (nSPS) is 4.00. The highest BCUT2D eigenvalue weighted by atomic mass is 35.7. The molecule has 0 spiro atoms. The maximum atomic E-state index is 7.46. The second kappa shape index (κ2) is 8.94. The first kappa shape index (κ1) is 8.92. The van der Waals surface area contributed by atoms with Crippen LogP contribution in [-0.2, 0) is 0 Å². The third-order valence-corrected chi connectivity index (χ3v) is 0.311. The van der Waals surface area contributed by atoms with Crippen LogP contribution in [-0.4, -0.2) is 0 Å². The number of nitriles is 1. The predicted octanol–water partition coefficient (Wildman–Crippen LogP) is 1.52. The minimum absolute atomic E-state index is 0. The van der Waals surface area contributed by atoms with Crippen molar-refractivity contribution in [3.8, 4) is 5.40 Å². The molecule has 0 aromatic carbocycles. The summed E-state index contributed by atoms with van der Waals surface area (Å²) in [7, 11) is 5.38. The van der Waals surface area contributed by atoms with Gasteiger partial charge in [-0.05, 0) is 10.7 Å². The number of rotatable bonds is 0. The molecule has 0 radical (unpaired) electrons.